The molecule has 23 heavy (non-hydrogen) atoms. The summed E-state index contributed by atoms with van der Waals surface area (Å²) in [6.07, 6.45) is 2.22. The van der Waals surface area contributed by atoms with Gasteiger partial charge in [0, 0.05) is 37.0 Å². The van der Waals surface area contributed by atoms with Gasteiger partial charge in [-0.3, -0.25) is 9.59 Å². The van der Waals surface area contributed by atoms with Gasteiger partial charge in [0.1, 0.15) is 5.75 Å². The highest BCUT2D eigenvalue weighted by Crippen LogP contribution is 2.27. The summed E-state index contributed by atoms with van der Waals surface area (Å²) < 4.78 is 1.52. The fourth-order valence-electron chi connectivity index (χ4n) is 3.13. The van der Waals surface area contributed by atoms with E-state index in [2.05, 4.69) is 6.07 Å². The smallest absolute Gasteiger partial charge is 0.254 e. The predicted molar refractivity (Wildman–Crippen MR) is 88.8 cm³/mol. The Hall–Kier alpha value is -2.56. The van der Waals surface area contributed by atoms with Gasteiger partial charge in [-0.15, -0.1) is 0 Å². The number of hydrogen-bond acceptors (Lipinski definition) is 3. The molecule has 1 amide bonds. The van der Waals surface area contributed by atoms with Gasteiger partial charge in [-0.2, -0.15) is 0 Å². The molecule has 3 rings (SSSR count). The summed E-state index contributed by atoms with van der Waals surface area (Å²) in [5.41, 5.74) is 2.56. The number of pyridine rings is 1. The molecule has 0 aliphatic carbocycles. The van der Waals surface area contributed by atoms with Gasteiger partial charge < -0.3 is 14.6 Å². The molecule has 0 unspecified atom stereocenters. The van der Waals surface area contributed by atoms with Gasteiger partial charge in [0.05, 0.1) is 0 Å². The highest BCUT2D eigenvalue weighted by atomic mass is 16.3. The van der Waals surface area contributed by atoms with Crippen LogP contribution in [0.1, 0.15) is 24.1 Å². The highest BCUT2D eigenvalue weighted by Gasteiger charge is 2.21. The lowest BCUT2D eigenvalue weighted by atomic mass is 10.0. The number of aryl methyl sites for hydroxylation is 2. The van der Waals surface area contributed by atoms with E-state index in [1.165, 1.54) is 22.3 Å². The Morgan fingerprint density at radius 1 is 1.26 bits per heavy atom. The monoisotopic (exact) mass is 312 g/mol. The van der Waals surface area contributed by atoms with Crippen molar-refractivity contribution in [3.05, 3.63) is 58.0 Å². The molecule has 0 bridgehead atoms. The molecule has 1 aliphatic rings. The summed E-state index contributed by atoms with van der Waals surface area (Å²) in [5.74, 6) is -0.0171. The lowest BCUT2D eigenvalue weighted by Crippen LogP contribution is -2.36. The number of carbonyl (C=O) groups excluding carboxylic acids is 1. The van der Waals surface area contributed by atoms with Crippen molar-refractivity contribution in [2.45, 2.75) is 32.7 Å². The number of aromatic hydroxyl groups is 1. The first-order valence-corrected chi connectivity index (χ1v) is 7.85. The number of anilines is 1. The molecule has 5 nitrogen and oxygen atoms in total. The minimum absolute atomic E-state index is 0.0246. The molecule has 5 heteroatoms. The molecule has 2 heterocycles. The van der Waals surface area contributed by atoms with E-state index in [-0.39, 0.29) is 23.6 Å². The Kier molecular flexibility index (Phi) is 4.19. The molecule has 0 radical (unpaired) electrons. The molecule has 0 saturated heterocycles. The number of hydrogen-bond donors (Lipinski definition) is 1. The second kappa shape index (κ2) is 6.28. The SMILES string of the molecule is Cc1cc(O)cc(=O)n1CCC(=O)N1CCCc2ccccc21. The van der Waals surface area contributed by atoms with Crippen molar-refractivity contribution in [2.24, 2.45) is 0 Å². The minimum Gasteiger partial charge on any atom is -0.508 e. The zero-order valence-electron chi connectivity index (χ0n) is 13.2. The maximum Gasteiger partial charge on any atom is 0.254 e. The number of benzene rings is 1. The van der Waals surface area contributed by atoms with E-state index in [4.69, 9.17) is 0 Å². The van der Waals surface area contributed by atoms with Crippen molar-refractivity contribution in [2.75, 3.05) is 11.4 Å². The highest BCUT2D eigenvalue weighted by molar-refractivity contribution is 5.94. The number of amides is 1. The van der Waals surface area contributed by atoms with Crippen LogP contribution in [0.5, 0.6) is 5.75 Å². The van der Waals surface area contributed by atoms with Gasteiger partial charge >= 0.3 is 0 Å². The number of carbonyl (C=O) groups is 1. The molecular weight excluding hydrogens is 292 g/mol. The quantitative estimate of drug-likeness (QED) is 0.945. The van der Waals surface area contributed by atoms with E-state index in [1.807, 2.05) is 23.1 Å². The van der Waals surface area contributed by atoms with E-state index < -0.39 is 0 Å². The molecule has 1 aromatic carbocycles. The van der Waals surface area contributed by atoms with Gasteiger partial charge in [-0.1, -0.05) is 18.2 Å². The Labute approximate surface area is 134 Å². The molecule has 0 spiro atoms. The van der Waals surface area contributed by atoms with Gasteiger partial charge in [0.15, 0.2) is 0 Å². The summed E-state index contributed by atoms with van der Waals surface area (Å²) in [6.45, 7) is 2.80. The van der Waals surface area contributed by atoms with Crippen LogP contribution in [-0.2, 0) is 17.8 Å². The molecule has 120 valence electrons. The topological polar surface area (TPSA) is 62.5 Å². The third-order valence-corrected chi connectivity index (χ3v) is 4.28. The first kappa shape index (κ1) is 15.3. The summed E-state index contributed by atoms with van der Waals surface area (Å²) in [7, 11) is 0. The number of aromatic nitrogens is 1. The molecule has 0 saturated carbocycles. The van der Waals surface area contributed by atoms with Crippen LogP contribution in [0.2, 0.25) is 0 Å². The van der Waals surface area contributed by atoms with Crippen molar-refractivity contribution in [1.29, 1.82) is 0 Å². The first-order chi connectivity index (χ1) is 11.1. The average Bonchev–Trinajstić information content (AvgIpc) is 2.53. The normalized spacial score (nSPS) is 13.7. The number of para-hydroxylation sites is 1. The lowest BCUT2D eigenvalue weighted by molar-refractivity contribution is -0.118. The average molecular weight is 312 g/mol. The summed E-state index contributed by atoms with van der Waals surface area (Å²) in [5, 5.41) is 9.42. The van der Waals surface area contributed by atoms with Crippen molar-refractivity contribution < 1.29 is 9.90 Å². The Balaban J connectivity index is 1.75. The van der Waals surface area contributed by atoms with Crippen LogP contribution in [0.15, 0.2) is 41.2 Å². The molecule has 2 aromatic rings. The zero-order valence-corrected chi connectivity index (χ0v) is 13.2. The lowest BCUT2D eigenvalue weighted by Gasteiger charge is -2.29. The van der Waals surface area contributed by atoms with Crippen LogP contribution in [0.25, 0.3) is 0 Å². The van der Waals surface area contributed by atoms with Gasteiger partial charge in [-0.25, -0.2) is 0 Å². The van der Waals surface area contributed by atoms with Crippen LogP contribution in [0.4, 0.5) is 5.69 Å². The van der Waals surface area contributed by atoms with E-state index in [9.17, 15) is 14.7 Å². The van der Waals surface area contributed by atoms with Crippen molar-refractivity contribution in [1.82, 2.24) is 4.57 Å². The fourth-order valence-corrected chi connectivity index (χ4v) is 3.13. The Morgan fingerprint density at radius 2 is 2.04 bits per heavy atom. The van der Waals surface area contributed by atoms with E-state index in [1.54, 1.807) is 6.92 Å². The molecule has 1 aliphatic heterocycles. The number of fused-ring (bicyclic) bond motifs is 1. The van der Waals surface area contributed by atoms with Crippen molar-refractivity contribution in [3.8, 4) is 5.75 Å². The molecule has 1 aromatic heterocycles. The maximum absolute atomic E-state index is 12.6. The Morgan fingerprint density at radius 3 is 2.83 bits per heavy atom. The molecule has 0 fully saturated rings. The summed E-state index contributed by atoms with van der Waals surface area (Å²) >= 11 is 0. The van der Waals surface area contributed by atoms with E-state index in [0.29, 0.717) is 12.2 Å². The fraction of sp³-hybridized carbons (Fsp3) is 0.333. The van der Waals surface area contributed by atoms with Crippen molar-refractivity contribution in [3.63, 3.8) is 0 Å². The maximum atomic E-state index is 12.6. The zero-order chi connectivity index (χ0) is 16.4. The largest absolute Gasteiger partial charge is 0.508 e. The second-order valence-electron chi connectivity index (χ2n) is 5.87. The predicted octanol–water partition coefficient (Wildman–Crippen LogP) is 2.23. The second-order valence-corrected chi connectivity index (χ2v) is 5.87. The van der Waals surface area contributed by atoms with Crippen molar-refractivity contribution >= 4 is 11.6 Å². The van der Waals surface area contributed by atoms with Crippen LogP contribution in [0, 0.1) is 6.92 Å². The Bertz CT molecular complexity index is 795. The van der Waals surface area contributed by atoms with Gasteiger partial charge in [0.25, 0.3) is 5.56 Å². The standard InChI is InChI=1S/C18H20N2O3/c1-13-11-15(21)12-18(23)19(13)10-8-17(22)20-9-4-6-14-5-2-3-7-16(14)20/h2-3,5,7,11-12,21H,4,6,8-10H2,1H3. The molecular formula is C18H20N2O3. The molecule has 0 atom stereocenters. The van der Waals surface area contributed by atoms with Crippen LogP contribution in [0.3, 0.4) is 0 Å². The van der Waals surface area contributed by atoms with E-state index >= 15 is 0 Å². The third kappa shape index (κ3) is 3.13. The minimum atomic E-state index is -0.283. The molecule has 1 N–H and O–H groups in total. The van der Waals surface area contributed by atoms with E-state index in [0.717, 1.165) is 25.1 Å². The third-order valence-electron chi connectivity index (χ3n) is 4.28. The number of rotatable bonds is 3. The summed E-state index contributed by atoms with van der Waals surface area (Å²) in [6, 6.07) is 10.7. The first-order valence-electron chi connectivity index (χ1n) is 7.85. The van der Waals surface area contributed by atoms with Crippen LogP contribution >= 0.6 is 0 Å². The summed E-state index contributed by atoms with van der Waals surface area (Å²) in [4.78, 5) is 26.3. The van der Waals surface area contributed by atoms with Crippen LogP contribution in [-0.4, -0.2) is 22.1 Å². The van der Waals surface area contributed by atoms with Crippen LogP contribution < -0.4 is 10.5 Å². The van der Waals surface area contributed by atoms with Gasteiger partial charge in [0.2, 0.25) is 5.91 Å². The van der Waals surface area contributed by atoms with Gasteiger partial charge in [-0.05, 0) is 37.5 Å². The number of nitrogens with zero attached hydrogens (tertiary/aromatic N) is 2.